The van der Waals surface area contributed by atoms with E-state index < -0.39 is 0 Å². The maximum absolute atomic E-state index is 5.77. The van der Waals surface area contributed by atoms with Crippen LogP contribution in [0.3, 0.4) is 0 Å². The molecule has 1 unspecified atom stereocenters. The molecule has 100 valence electrons. The third-order valence-electron chi connectivity index (χ3n) is 3.93. The van der Waals surface area contributed by atoms with Crippen molar-refractivity contribution in [3.63, 3.8) is 0 Å². The summed E-state index contributed by atoms with van der Waals surface area (Å²) in [6.07, 6.45) is 6.38. The molecule has 4 heteroatoms. The minimum Gasteiger partial charge on any atom is -0.381 e. The lowest BCUT2D eigenvalue weighted by Gasteiger charge is -2.37. The molecule has 1 aromatic rings. The third kappa shape index (κ3) is 3.35. The molecule has 1 saturated carbocycles. The van der Waals surface area contributed by atoms with E-state index in [1.165, 1.54) is 34.3 Å². The van der Waals surface area contributed by atoms with Crippen molar-refractivity contribution < 1.29 is 4.74 Å². The van der Waals surface area contributed by atoms with Gasteiger partial charge in [0.05, 0.1) is 10.4 Å². The van der Waals surface area contributed by atoms with Crippen LogP contribution in [0.15, 0.2) is 15.9 Å². The Balaban J connectivity index is 1.66. The van der Waals surface area contributed by atoms with Crippen LogP contribution in [0.5, 0.6) is 0 Å². The van der Waals surface area contributed by atoms with E-state index in [0.29, 0.717) is 5.41 Å². The summed E-state index contributed by atoms with van der Waals surface area (Å²) in [5, 5.41) is 3.71. The summed E-state index contributed by atoms with van der Waals surface area (Å²) in [4.78, 5) is 1.48. The lowest BCUT2D eigenvalue weighted by Crippen LogP contribution is -2.43. The zero-order chi connectivity index (χ0) is 12.4. The zero-order valence-corrected chi connectivity index (χ0v) is 13.0. The number of nitrogens with one attached hydrogen (secondary N) is 1. The molecular weight excluding hydrogens is 310 g/mol. The van der Waals surface area contributed by atoms with Crippen molar-refractivity contribution in [1.29, 1.82) is 0 Å². The van der Waals surface area contributed by atoms with E-state index in [9.17, 15) is 0 Å². The van der Waals surface area contributed by atoms with Crippen LogP contribution >= 0.6 is 27.3 Å². The van der Waals surface area contributed by atoms with Crippen molar-refractivity contribution in [2.24, 2.45) is 5.41 Å². The number of thiophene rings is 1. The number of rotatable bonds is 5. The van der Waals surface area contributed by atoms with E-state index in [4.69, 9.17) is 4.74 Å². The number of halogens is 1. The predicted molar refractivity (Wildman–Crippen MR) is 79.2 cm³/mol. The highest BCUT2D eigenvalue weighted by Gasteiger charge is 2.35. The smallest absolute Gasteiger partial charge is 0.0701 e. The highest BCUT2D eigenvalue weighted by Crippen LogP contribution is 2.36. The quantitative estimate of drug-likeness (QED) is 0.891. The molecule has 0 radical (unpaired) electrons. The molecule has 1 atom stereocenters. The van der Waals surface area contributed by atoms with E-state index in [1.807, 2.05) is 11.3 Å². The Kier molecular flexibility index (Phi) is 4.09. The van der Waals surface area contributed by atoms with Crippen LogP contribution in [0.1, 0.15) is 30.6 Å². The van der Waals surface area contributed by atoms with Crippen molar-refractivity contribution in [1.82, 2.24) is 5.32 Å². The molecule has 3 rings (SSSR count). The van der Waals surface area contributed by atoms with Crippen LogP contribution in [0, 0.1) is 5.41 Å². The van der Waals surface area contributed by atoms with Crippen LogP contribution in [-0.4, -0.2) is 25.8 Å². The molecule has 2 nitrogen and oxygen atoms in total. The normalized spacial score (nSPS) is 28.5. The van der Waals surface area contributed by atoms with Gasteiger partial charge in [0.25, 0.3) is 0 Å². The Morgan fingerprint density at radius 3 is 2.94 bits per heavy atom. The molecule has 1 aliphatic heterocycles. The van der Waals surface area contributed by atoms with Gasteiger partial charge in [0.15, 0.2) is 0 Å². The van der Waals surface area contributed by atoms with Gasteiger partial charge in [-0.3, -0.25) is 0 Å². The van der Waals surface area contributed by atoms with Gasteiger partial charge in [-0.05, 0) is 60.2 Å². The van der Waals surface area contributed by atoms with Crippen LogP contribution in [0.25, 0.3) is 0 Å². The van der Waals surface area contributed by atoms with Gasteiger partial charge in [0.1, 0.15) is 0 Å². The zero-order valence-electron chi connectivity index (χ0n) is 10.6. The Hall–Kier alpha value is 0.1000. The second-order valence-corrected chi connectivity index (χ2v) is 8.24. The molecule has 1 N–H and O–H groups in total. The van der Waals surface area contributed by atoms with Crippen molar-refractivity contribution in [2.45, 2.75) is 38.1 Å². The minimum absolute atomic E-state index is 0.325. The van der Waals surface area contributed by atoms with E-state index in [0.717, 1.165) is 32.2 Å². The van der Waals surface area contributed by atoms with Gasteiger partial charge in [-0.15, -0.1) is 11.3 Å². The molecule has 2 aliphatic rings. The first-order valence-electron chi connectivity index (χ1n) is 6.81. The number of ether oxygens (including phenoxy) is 1. The first kappa shape index (κ1) is 13.1. The fourth-order valence-corrected chi connectivity index (χ4v) is 4.37. The van der Waals surface area contributed by atoms with Gasteiger partial charge in [0, 0.05) is 29.5 Å². The van der Waals surface area contributed by atoms with Crippen molar-refractivity contribution >= 4 is 27.3 Å². The summed E-state index contributed by atoms with van der Waals surface area (Å²) in [7, 11) is 0. The molecule has 0 amide bonds. The van der Waals surface area contributed by atoms with Gasteiger partial charge < -0.3 is 10.1 Å². The largest absolute Gasteiger partial charge is 0.381 e. The molecule has 0 spiro atoms. The summed E-state index contributed by atoms with van der Waals surface area (Å²) in [5.74, 6) is 0. The second-order valence-electron chi connectivity index (χ2n) is 5.69. The standard InChI is InChI=1S/C14H20BrNOS/c15-13-5-4-12(18-13)8-14(6-1-7-17-10-14)9-16-11-2-3-11/h4-5,11,16H,1-3,6-10H2. The van der Waals surface area contributed by atoms with E-state index in [1.54, 1.807) is 0 Å². The molecule has 1 saturated heterocycles. The predicted octanol–water partition coefficient (Wildman–Crippen LogP) is 3.60. The fraction of sp³-hybridized carbons (Fsp3) is 0.714. The number of hydrogen-bond acceptors (Lipinski definition) is 3. The van der Waals surface area contributed by atoms with Gasteiger partial charge in [-0.25, -0.2) is 0 Å². The monoisotopic (exact) mass is 329 g/mol. The van der Waals surface area contributed by atoms with Crippen LogP contribution in [0.2, 0.25) is 0 Å². The average molecular weight is 330 g/mol. The van der Waals surface area contributed by atoms with Crippen molar-refractivity contribution in [3.8, 4) is 0 Å². The van der Waals surface area contributed by atoms with E-state index in [-0.39, 0.29) is 0 Å². The maximum atomic E-state index is 5.77. The Bertz CT molecular complexity index is 396. The molecule has 18 heavy (non-hydrogen) atoms. The van der Waals surface area contributed by atoms with Crippen molar-refractivity contribution in [3.05, 3.63) is 20.8 Å². The Labute approximate surface area is 121 Å². The molecule has 0 aromatic carbocycles. The molecule has 1 aliphatic carbocycles. The second kappa shape index (κ2) is 5.61. The topological polar surface area (TPSA) is 21.3 Å². The van der Waals surface area contributed by atoms with Gasteiger partial charge >= 0.3 is 0 Å². The Morgan fingerprint density at radius 1 is 1.44 bits per heavy atom. The lowest BCUT2D eigenvalue weighted by atomic mass is 9.79. The molecule has 1 aromatic heterocycles. The third-order valence-corrected chi connectivity index (χ3v) is 5.55. The molecule has 2 fully saturated rings. The van der Waals surface area contributed by atoms with Crippen LogP contribution in [0.4, 0.5) is 0 Å². The minimum atomic E-state index is 0.325. The first-order chi connectivity index (χ1) is 8.76. The maximum Gasteiger partial charge on any atom is 0.0701 e. The summed E-state index contributed by atoms with van der Waals surface area (Å²) >= 11 is 5.42. The summed E-state index contributed by atoms with van der Waals surface area (Å²) in [6.45, 7) is 2.98. The SMILES string of the molecule is Brc1ccc(CC2(CNC3CC3)CCCOC2)s1. The Morgan fingerprint density at radius 2 is 2.33 bits per heavy atom. The average Bonchev–Trinajstić information content (AvgIpc) is 3.12. The summed E-state index contributed by atoms with van der Waals surface area (Å²) in [5.41, 5.74) is 0.325. The van der Waals surface area contributed by atoms with Gasteiger partial charge in [0.2, 0.25) is 0 Å². The lowest BCUT2D eigenvalue weighted by molar-refractivity contribution is -0.00693. The highest BCUT2D eigenvalue weighted by molar-refractivity contribution is 9.11. The first-order valence-corrected chi connectivity index (χ1v) is 8.42. The molecule has 2 heterocycles. The van der Waals surface area contributed by atoms with Crippen molar-refractivity contribution in [2.75, 3.05) is 19.8 Å². The summed E-state index contributed by atoms with van der Waals surface area (Å²) < 4.78 is 7.01. The van der Waals surface area contributed by atoms with E-state index in [2.05, 4.69) is 33.4 Å². The van der Waals surface area contributed by atoms with Gasteiger partial charge in [-0.2, -0.15) is 0 Å². The van der Waals surface area contributed by atoms with Crippen LogP contribution in [-0.2, 0) is 11.2 Å². The number of hydrogen-bond donors (Lipinski definition) is 1. The molecule has 0 bridgehead atoms. The summed E-state index contributed by atoms with van der Waals surface area (Å²) in [6, 6.07) is 5.20. The van der Waals surface area contributed by atoms with Crippen LogP contribution < -0.4 is 5.32 Å². The highest BCUT2D eigenvalue weighted by atomic mass is 79.9. The molecular formula is C14H20BrNOS. The van der Waals surface area contributed by atoms with Gasteiger partial charge in [-0.1, -0.05) is 0 Å². The fourth-order valence-electron chi connectivity index (χ4n) is 2.72. The van der Waals surface area contributed by atoms with E-state index >= 15 is 0 Å².